The van der Waals surface area contributed by atoms with Gasteiger partial charge in [0.1, 0.15) is 0 Å². The molecule has 0 aliphatic rings. The van der Waals surface area contributed by atoms with Crippen LogP contribution in [-0.2, 0) is 28.1 Å². The highest BCUT2D eigenvalue weighted by molar-refractivity contribution is 7.92. The lowest BCUT2D eigenvalue weighted by Gasteiger charge is -2.12. The molecule has 0 saturated carbocycles. The van der Waals surface area contributed by atoms with Crippen molar-refractivity contribution in [3.8, 4) is 0 Å². The highest BCUT2D eigenvalue weighted by Crippen LogP contribution is 2.17. The van der Waals surface area contributed by atoms with Gasteiger partial charge in [-0.3, -0.25) is 9.48 Å². The number of hydrogen-bond acceptors (Lipinski definition) is 4. The van der Waals surface area contributed by atoms with E-state index in [-0.39, 0.29) is 23.3 Å². The molecule has 0 saturated heterocycles. The van der Waals surface area contributed by atoms with E-state index in [0.717, 1.165) is 11.1 Å². The Morgan fingerprint density at radius 2 is 1.83 bits per heavy atom. The van der Waals surface area contributed by atoms with E-state index in [1.54, 1.807) is 49.0 Å². The lowest BCUT2D eigenvalue weighted by atomic mass is 10.1. The van der Waals surface area contributed by atoms with Crippen molar-refractivity contribution < 1.29 is 13.2 Å². The lowest BCUT2D eigenvalue weighted by Crippen LogP contribution is -2.27. The number of nitrogens with zero attached hydrogens (tertiary/aromatic N) is 2. The van der Waals surface area contributed by atoms with Crippen molar-refractivity contribution in [3.63, 3.8) is 0 Å². The van der Waals surface area contributed by atoms with E-state index in [4.69, 9.17) is 0 Å². The maximum Gasteiger partial charge on any atom is 0.224 e. The molecule has 2 rings (SSSR count). The van der Waals surface area contributed by atoms with Gasteiger partial charge in [0.2, 0.25) is 5.91 Å². The van der Waals surface area contributed by atoms with Gasteiger partial charge < -0.3 is 5.32 Å². The van der Waals surface area contributed by atoms with Gasteiger partial charge in [-0.15, -0.1) is 0 Å². The molecule has 1 heterocycles. The topological polar surface area (TPSA) is 81.1 Å². The van der Waals surface area contributed by atoms with Gasteiger partial charge in [0.25, 0.3) is 0 Å². The van der Waals surface area contributed by atoms with Crippen LogP contribution in [0.4, 0.5) is 0 Å². The van der Waals surface area contributed by atoms with Crippen molar-refractivity contribution in [2.75, 3.05) is 0 Å². The minimum absolute atomic E-state index is 0.120. The first-order chi connectivity index (χ1) is 11.2. The Hall–Kier alpha value is -2.15. The summed E-state index contributed by atoms with van der Waals surface area (Å²) in [6.07, 6.45) is 3.78. The molecule has 0 spiro atoms. The first-order valence-corrected chi connectivity index (χ1v) is 9.35. The second-order valence-corrected chi connectivity index (χ2v) is 8.66. The Bertz CT molecular complexity index is 808. The van der Waals surface area contributed by atoms with Crippen LogP contribution in [0.3, 0.4) is 0 Å². The fourth-order valence-corrected chi connectivity index (χ4v) is 3.35. The second kappa shape index (κ2) is 7.17. The van der Waals surface area contributed by atoms with Crippen molar-refractivity contribution in [1.82, 2.24) is 15.1 Å². The minimum atomic E-state index is -3.28. The number of carbonyl (C=O) groups is 1. The van der Waals surface area contributed by atoms with Crippen LogP contribution in [0.15, 0.2) is 41.6 Å². The van der Waals surface area contributed by atoms with Crippen LogP contribution in [0.5, 0.6) is 0 Å². The average molecular weight is 349 g/mol. The van der Waals surface area contributed by atoms with E-state index in [0.29, 0.717) is 0 Å². The van der Waals surface area contributed by atoms with E-state index < -0.39 is 15.1 Å². The van der Waals surface area contributed by atoms with Crippen LogP contribution in [0.1, 0.15) is 37.9 Å². The highest BCUT2D eigenvalue weighted by Gasteiger charge is 2.19. The monoisotopic (exact) mass is 349 g/mol. The predicted octanol–water partition coefficient (Wildman–Crippen LogP) is 2.02. The molecule has 1 amide bonds. The largest absolute Gasteiger partial charge is 0.349 e. The maximum absolute atomic E-state index is 12.1. The third-order valence-electron chi connectivity index (χ3n) is 3.84. The molecule has 0 radical (unpaired) electrons. The molecule has 2 aromatic rings. The van der Waals surface area contributed by atoms with Crippen LogP contribution in [0.25, 0.3) is 0 Å². The van der Waals surface area contributed by atoms with E-state index in [9.17, 15) is 13.2 Å². The number of aromatic nitrogens is 2. The maximum atomic E-state index is 12.1. The van der Waals surface area contributed by atoms with Gasteiger partial charge in [-0.25, -0.2) is 8.42 Å². The molecule has 6 nitrogen and oxygen atoms in total. The van der Waals surface area contributed by atoms with Crippen molar-refractivity contribution in [3.05, 3.63) is 47.8 Å². The Balaban J connectivity index is 1.99. The van der Waals surface area contributed by atoms with Crippen molar-refractivity contribution in [2.24, 2.45) is 7.05 Å². The molecule has 0 unspecified atom stereocenters. The molecule has 1 aromatic heterocycles. The molecule has 1 N–H and O–H groups in total. The summed E-state index contributed by atoms with van der Waals surface area (Å²) < 4.78 is 25.9. The fourth-order valence-electron chi connectivity index (χ4n) is 2.29. The fraction of sp³-hybridized carbons (Fsp3) is 0.412. The number of hydrogen-bond donors (Lipinski definition) is 1. The molecule has 0 aliphatic carbocycles. The Labute approximate surface area is 142 Å². The number of carbonyl (C=O) groups excluding carboxylic acids is 1. The van der Waals surface area contributed by atoms with E-state index in [2.05, 4.69) is 10.4 Å². The Morgan fingerprint density at radius 3 is 2.33 bits per heavy atom. The van der Waals surface area contributed by atoms with E-state index in [1.165, 1.54) is 0 Å². The summed E-state index contributed by atoms with van der Waals surface area (Å²) in [5, 5.41) is 6.53. The van der Waals surface area contributed by atoms with Gasteiger partial charge in [-0.1, -0.05) is 12.1 Å². The standard InChI is InChI=1S/C17H23N3O3S/c1-12(2)24(22,23)16-7-5-14(6-8-16)9-17(21)19-13(3)15-10-18-20(4)11-15/h5-8,10-13H,9H2,1-4H3,(H,19,21)/t13-/m0/s1. The highest BCUT2D eigenvalue weighted by atomic mass is 32.2. The predicted molar refractivity (Wildman–Crippen MR) is 92.2 cm³/mol. The van der Waals surface area contributed by atoms with Crippen LogP contribution in [-0.4, -0.2) is 29.4 Å². The quantitative estimate of drug-likeness (QED) is 0.865. The number of benzene rings is 1. The molecular weight excluding hydrogens is 326 g/mol. The number of amides is 1. The SMILES string of the molecule is CC(C)S(=O)(=O)c1ccc(CC(=O)N[C@@H](C)c2cnn(C)c2)cc1. The number of sulfone groups is 1. The molecular formula is C17H23N3O3S. The van der Waals surface area contributed by atoms with Crippen LogP contribution < -0.4 is 5.32 Å². The van der Waals surface area contributed by atoms with Gasteiger partial charge in [0.15, 0.2) is 9.84 Å². The summed E-state index contributed by atoms with van der Waals surface area (Å²) in [5.41, 5.74) is 1.71. The van der Waals surface area contributed by atoms with Crippen LogP contribution in [0, 0.1) is 0 Å². The number of rotatable bonds is 6. The van der Waals surface area contributed by atoms with Crippen molar-refractivity contribution in [1.29, 1.82) is 0 Å². The Kier molecular flexibility index (Phi) is 5.43. The third-order valence-corrected chi connectivity index (χ3v) is 6.01. The van der Waals surface area contributed by atoms with E-state index in [1.807, 2.05) is 20.2 Å². The summed E-state index contributed by atoms with van der Waals surface area (Å²) in [7, 11) is -1.46. The summed E-state index contributed by atoms with van der Waals surface area (Å²) in [4.78, 5) is 12.4. The number of nitrogens with one attached hydrogen (secondary N) is 1. The van der Waals surface area contributed by atoms with Crippen molar-refractivity contribution in [2.45, 2.75) is 43.4 Å². The zero-order valence-electron chi connectivity index (χ0n) is 14.4. The van der Waals surface area contributed by atoms with Gasteiger partial charge in [0.05, 0.1) is 28.8 Å². The van der Waals surface area contributed by atoms with Crippen molar-refractivity contribution >= 4 is 15.7 Å². The minimum Gasteiger partial charge on any atom is -0.349 e. The molecule has 0 fully saturated rings. The van der Waals surface area contributed by atoms with Gasteiger partial charge in [-0.2, -0.15) is 5.10 Å². The summed E-state index contributed by atoms with van der Waals surface area (Å²) >= 11 is 0. The van der Waals surface area contributed by atoms with E-state index >= 15 is 0 Å². The third kappa shape index (κ3) is 4.23. The molecule has 1 atom stereocenters. The normalized spacial score (nSPS) is 13.0. The zero-order valence-corrected chi connectivity index (χ0v) is 15.2. The number of aryl methyl sites for hydroxylation is 1. The first-order valence-electron chi connectivity index (χ1n) is 7.81. The zero-order chi connectivity index (χ0) is 17.9. The molecule has 0 aliphatic heterocycles. The van der Waals surface area contributed by atoms with Gasteiger partial charge in [-0.05, 0) is 38.5 Å². The van der Waals surface area contributed by atoms with Gasteiger partial charge in [0, 0.05) is 18.8 Å². The summed E-state index contributed by atoms with van der Waals surface area (Å²) in [5.74, 6) is -0.120. The first kappa shape index (κ1) is 18.2. The van der Waals surface area contributed by atoms with Crippen LogP contribution in [0.2, 0.25) is 0 Å². The second-order valence-electron chi connectivity index (χ2n) is 6.15. The molecule has 7 heteroatoms. The molecule has 1 aromatic carbocycles. The average Bonchev–Trinajstić information content (AvgIpc) is 2.94. The molecule has 130 valence electrons. The summed E-state index contributed by atoms with van der Waals surface area (Å²) in [6, 6.07) is 6.35. The smallest absolute Gasteiger partial charge is 0.224 e. The summed E-state index contributed by atoms with van der Waals surface area (Å²) in [6.45, 7) is 5.19. The molecule has 0 bridgehead atoms. The van der Waals surface area contributed by atoms with Gasteiger partial charge >= 0.3 is 0 Å². The molecule has 24 heavy (non-hydrogen) atoms. The lowest BCUT2D eigenvalue weighted by molar-refractivity contribution is -0.121. The van der Waals surface area contributed by atoms with Crippen LogP contribution >= 0.6 is 0 Å². The Morgan fingerprint density at radius 1 is 1.21 bits per heavy atom.